The maximum absolute atomic E-state index is 12.1. The van der Waals surface area contributed by atoms with Crippen LogP contribution in [0.5, 0.6) is 0 Å². The Morgan fingerprint density at radius 1 is 1.29 bits per heavy atom. The van der Waals surface area contributed by atoms with Crippen LogP contribution in [0.4, 0.5) is 18.9 Å². The normalized spacial score (nSPS) is 10.8. The molecule has 0 radical (unpaired) electrons. The van der Waals surface area contributed by atoms with Crippen LogP contribution in [0.2, 0.25) is 0 Å². The van der Waals surface area contributed by atoms with Crippen LogP contribution in [0.15, 0.2) is 42.5 Å². The van der Waals surface area contributed by atoms with Crippen LogP contribution >= 0.6 is 0 Å². The largest absolute Gasteiger partial charge is 0.430 e. The van der Waals surface area contributed by atoms with Gasteiger partial charge in [0.05, 0.1) is 6.42 Å². The summed E-state index contributed by atoms with van der Waals surface area (Å²) in [5.41, 5.74) is 0.413. The highest BCUT2D eigenvalue weighted by Crippen LogP contribution is 2.24. The predicted molar refractivity (Wildman–Crippen MR) is 56.7 cm³/mol. The molecule has 0 aliphatic rings. The summed E-state index contributed by atoms with van der Waals surface area (Å²) in [4.78, 5) is 10.7. The van der Waals surface area contributed by atoms with Crippen molar-refractivity contribution in [3.63, 3.8) is 0 Å². The second-order valence-electron chi connectivity index (χ2n) is 3.55. The first kappa shape index (κ1) is 13.2. The maximum atomic E-state index is 12.1. The van der Waals surface area contributed by atoms with Gasteiger partial charge in [-0.2, -0.15) is 18.0 Å². The minimum atomic E-state index is -4.30. The zero-order valence-electron chi connectivity index (χ0n) is 9.00. The third-order valence-corrected chi connectivity index (χ3v) is 2.01. The number of benzene rings is 1. The van der Waals surface area contributed by atoms with Crippen LogP contribution in [0.25, 0.3) is 0 Å². The highest BCUT2D eigenvalue weighted by atomic mass is 19.4. The zero-order valence-corrected chi connectivity index (χ0v) is 9.00. The number of hydrogen-bond acceptors (Lipinski definition) is 1. The summed E-state index contributed by atoms with van der Waals surface area (Å²) in [7, 11) is 0. The Morgan fingerprint density at radius 3 is 2.35 bits per heavy atom. The molecular weight excluding hydrogens is 231 g/mol. The van der Waals surface area contributed by atoms with E-state index in [0.717, 1.165) is 4.58 Å². The van der Waals surface area contributed by atoms with Gasteiger partial charge in [-0.3, -0.25) is 0 Å². The molecule has 0 bridgehead atoms. The molecule has 2 nitrogen and oxygen atoms in total. The third kappa shape index (κ3) is 4.66. The molecule has 0 N–H and O–H groups in total. The molecule has 17 heavy (non-hydrogen) atoms. The second-order valence-corrected chi connectivity index (χ2v) is 3.55. The van der Waals surface area contributed by atoms with E-state index in [9.17, 15) is 18.0 Å². The molecular formula is C12H11F3NO+. The summed E-state index contributed by atoms with van der Waals surface area (Å²) < 4.78 is 37.3. The Kier molecular flexibility index (Phi) is 4.24. The Morgan fingerprint density at radius 2 is 1.88 bits per heavy atom. The zero-order chi connectivity index (χ0) is 12.9. The number of carbonyl (C=O) groups excluding carboxylic acids is 1. The van der Waals surface area contributed by atoms with Crippen LogP contribution in [0.3, 0.4) is 0 Å². The molecule has 0 unspecified atom stereocenters. The van der Waals surface area contributed by atoms with Crippen molar-refractivity contribution >= 4 is 11.8 Å². The van der Waals surface area contributed by atoms with Crippen LogP contribution in [-0.2, 0) is 4.79 Å². The fraction of sp³-hybridized carbons (Fsp3) is 0.250. The first-order valence-corrected chi connectivity index (χ1v) is 4.86. The summed E-state index contributed by atoms with van der Waals surface area (Å²) in [6.45, 7) is 3.13. The van der Waals surface area contributed by atoms with Crippen molar-refractivity contribution in [1.82, 2.24) is 0 Å². The number of hydrogen-bond donors (Lipinski definition) is 0. The van der Waals surface area contributed by atoms with Crippen molar-refractivity contribution < 1.29 is 22.5 Å². The van der Waals surface area contributed by atoms with Gasteiger partial charge in [0, 0.05) is 12.1 Å². The second kappa shape index (κ2) is 5.46. The molecule has 0 saturated heterocycles. The molecule has 1 rings (SSSR count). The third-order valence-electron chi connectivity index (χ3n) is 2.01. The smallest absolute Gasteiger partial charge is 0.171 e. The van der Waals surface area contributed by atoms with Gasteiger partial charge in [0.1, 0.15) is 0 Å². The van der Waals surface area contributed by atoms with Crippen molar-refractivity contribution in [2.45, 2.75) is 12.6 Å². The van der Waals surface area contributed by atoms with Gasteiger partial charge in [-0.25, -0.2) is 0 Å². The number of isocyanates is 1. The van der Waals surface area contributed by atoms with Crippen LogP contribution < -0.4 is 0 Å². The number of para-hydroxylation sites is 1. The van der Waals surface area contributed by atoms with Gasteiger partial charge in [-0.15, -0.1) is 4.58 Å². The van der Waals surface area contributed by atoms with Crippen LogP contribution in [-0.4, -0.2) is 23.4 Å². The lowest BCUT2D eigenvalue weighted by Gasteiger charge is -2.06. The summed E-state index contributed by atoms with van der Waals surface area (Å²) in [5.74, 6) is 0. The van der Waals surface area contributed by atoms with E-state index in [-0.39, 0.29) is 12.1 Å². The lowest BCUT2D eigenvalue weighted by atomic mass is 10.2. The molecule has 0 aromatic heterocycles. The van der Waals surface area contributed by atoms with Crippen molar-refractivity contribution in [2.24, 2.45) is 0 Å². The van der Waals surface area contributed by atoms with E-state index in [1.165, 1.54) is 0 Å². The van der Waals surface area contributed by atoms with Gasteiger partial charge < -0.3 is 0 Å². The van der Waals surface area contributed by atoms with Crippen LogP contribution in [0, 0.1) is 0 Å². The van der Waals surface area contributed by atoms with E-state index < -0.39 is 12.6 Å². The standard InChI is InChI=1S/C12H11F3NO/c1-10(7-12(13,14)15)8-16(9-17)11-5-3-2-4-6-11/h2-6H,1,7-8H2/q+1. The summed E-state index contributed by atoms with van der Waals surface area (Å²) in [6.07, 6.45) is -3.81. The average molecular weight is 242 g/mol. The molecule has 0 aliphatic heterocycles. The number of rotatable bonds is 4. The highest BCUT2D eigenvalue weighted by molar-refractivity contribution is 5.36. The van der Waals surface area contributed by atoms with E-state index >= 15 is 0 Å². The first-order valence-electron chi connectivity index (χ1n) is 4.86. The molecule has 1 aromatic rings. The van der Waals surface area contributed by atoms with E-state index in [1.54, 1.807) is 36.4 Å². The van der Waals surface area contributed by atoms with Crippen molar-refractivity contribution in [1.29, 1.82) is 0 Å². The minimum absolute atomic E-state index is 0.0790. The number of nitrogens with zero attached hydrogens (tertiary/aromatic N) is 1. The summed E-state index contributed by atoms with van der Waals surface area (Å²) in [6, 6.07) is 8.35. The SMILES string of the molecule is C=C(C[N+](=C=O)c1ccccc1)CC(F)(F)F. The van der Waals surface area contributed by atoms with Gasteiger partial charge in [-0.05, 0) is 5.57 Å². The molecule has 0 amide bonds. The minimum Gasteiger partial charge on any atom is -0.171 e. The predicted octanol–water partition coefficient (Wildman–Crippen LogP) is 3.18. The van der Waals surface area contributed by atoms with E-state index in [2.05, 4.69) is 6.58 Å². The van der Waals surface area contributed by atoms with Gasteiger partial charge in [-0.1, -0.05) is 24.8 Å². The maximum Gasteiger partial charge on any atom is 0.430 e. The molecule has 90 valence electrons. The molecule has 0 saturated carbocycles. The summed E-state index contributed by atoms with van der Waals surface area (Å²) >= 11 is 0. The summed E-state index contributed by atoms with van der Waals surface area (Å²) in [5, 5.41) is 0. The quantitative estimate of drug-likeness (QED) is 0.343. The Balaban J connectivity index is 2.74. The molecule has 0 heterocycles. The van der Waals surface area contributed by atoms with Crippen molar-refractivity contribution in [3.05, 3.63) is 42.5 Å². The van der Waals surface area contributed by atoms with Crippen molar-refractivity contribution in [2.75, 3.05) is 6.54 Å². The van der Waals surface area contributed by atoms with Gasteiger partial charge in [0.15, 0.2) is 6.54 Å². The lowest BCUT2D eigenvalue weighted by molar-refractivity contribution is -0.429. The Bertz CT molecular complexity index is 445. The number of alkyl halides is 3. The topological polar surface area (TPSA) is 20.1 Å². The lowest BCUT2D eigenvalue weighted by Crippen LogP contribution is -2.15. The van der Waals surface area contributed by atoms with Crippen molar-refractivity contribution in [3.8, 4) is 0 Å². The van der Waals surface area contributed by atoms with Gasteiger partial charge >= 0.3 is 12.3 Å². The van der Waals surface area contributed by atoms with E-state index in [0.29, 0.717) is 5.69 Å². The first-order chi connectivity index (χ1) is 7.92. The molecule has 0 spiro atoms. The van der Waals surface area contributed by atoms with Gasteiger partial charge in [0.25, 0.3) is 0 Å². The van der Waals surface area contributed by atoms with E-state index in [1.807, 2.05) is 0 Å². The van der Waals surface area contributed by atoms with Gasteiger partial charge in [0.2, 0.25) is 5.69 Å². The highest BCUT2D eigenvalue weighted by Gasteiger charge is 2.29. The molecule has 0 fully saturated rings. The number of halogens is 3. The average Bonchev–Trinajstić information content (AvgIpc) is 2.24. The molecule has 1 aromatic carbocycles. The molecule has 0 atom stereocenters. The molecule has 0 aliphatic carbocycles. The monoisotopic (exact) mass is 242 g/mol. The Hall–Kier alpha value is -1.87. The van der Waals surface area contributed by atoms with Crippen LogP contribution in [0.1, 0.15) is 6.42 Å². The fourth-order valence-electron chi connectivity index (χ4n) is 1.35. The Labute approximate surface area is 96.7 Å². The molecule has 5 heteroatoms. The fourth-order valence-corrected chi connectivity index (χ4v) is 1.35. The van der Waals surface area contributed by atoms with E-state index in [4.69, 9.17) is 0 Å².